The van der Waals surface area contributed by atoms with E-state index in [-0.39, 0.29) is 11.4 Å². The van der Waals surface area contributed by atoms with E-state index in [2.05, 4.69) is 9.72 Å². The van der Waals surface area contributed by atoms with Gasteiger partial charge in [-0.05, 0) is 0 Å². The van der Waals surface area contributed by atoms with Gasteiger partial charge >= 0.3 is 5.97 Å². The van der Waals surface area contributed by atoms with Crippen molar-refractivity contribution in [3.8, 4) is 6.07 Å². The second-order valence-electron chi connectivity index (χ2n) is 4.18. The molecule has 0 amide bonds. The number of ether oxygens (including phenoxy) is 2. The lowest BCUT2D eigenvalue weighted by atomic mass is 10.1. The van der Waals surface area contributed by atoms with Crippen LogP contribution in [0.3, 0.4) is 0 Å². The monoisotopic (exact) mass is 283 g/mol. The van der Waals surface area contributed by atoms with E-state index in [9.17, 15) is 15.0 Å². The standard InChI is InChI=1S/C11H13N3O6/c1-19-11(18)7-5(2-12)13-4-14(7)10-9(17)8(16)6(3-15)20-10/h4,6,8-10,15-17H,3H2,1H3/t6-,8-,9-,10-/m1/s1. The van der Waals surface area contributed by atoms with Gasteiger partial charge in [-0.1, -0.05) is 0 Å². The van der Waals surface area contributed by atoms with Crippen LogP contribution in [0.15, 0.2) is 6.33 Å². The Bertz CT molecular complexity index is 551. The maximum Gasteiger partial charge on any atom is 0.357 e. The maximum atomic E-state index is 11.7. The first kappa shape index (κ1) is 14.4. The Balaban J connectivity index is 2.42. The van der Waals surface area contributed by atoms with Crippen LogP contribution >= 0.6 is 0 Å². The van der Waals surface area contributed by atoms with Crippen LogP contribution in [0.5, 0.6) is 0 Å². The zero-order valence-corrected chi connectivity index (χ0v) is 10.5. The molecule has 0 aromatic carbocycles. The molecule has 1 aliphatic heterocycles. The molecule has 0 spiro atoms. The molecule has 108 valence electrons. The van der Waals surface area contributed by atoms with Crippen LogP contribution in [-0.4, -0.2) is 62.9 Å². The topological polar surface area (TPSA) is 138 Å². The number of aromatic nitrogens is 2. The van der Waals surface area contributed by atoms with Gasteiger partial charge in [-0.15, -0.1) is 0 Å². The van der Waals surface area contributed by atoms with Gasteiger partial charge in [0.2, 0.25) is 0 Å². The Morgan fingerprint density at radius 1 is 1.60 bits per heavy atom. The van der Waals surface area contributed by atoms with Gasteiger partial charge in [0.15, 0.2) is 17.6 Å². The number of methoxy groups -OCH3 is 1. The van der Waals surface area contributed by atoms with E-state index in [4.69, 9.17) is 15.1 Å². The molecule has 0 aliphatic carbocycles. The fraction of sp³-hybridized carbons (Fsp3) is 0.545. The number of esters is 1. The van der Waals surface area contributed by atoms with Crippen molar-refractivity contribution in [3.05, 3.63) is 17.7 Å². The molecule has 3 N–H and O–H groups in total. The average molecular weight is 283 g/mol. The van der Waals surface area contributed by atoms with Crippen molar-refractivity contribution < 1.29 is 29.6 Å². The molecule has 4 atom stereocenters. The number of rotatable bonds is 3. The van der Waals surface area contributed by atoms with E-state index >= 15 is 0 Å². The van der Waals surface area contributed by atoms with Crippen molar-refractivity contribution in [2.75, 3.05) is 13.7 Å². The van der Waals surface area contributed by atoms with Crippen LogP contribution in [0.2, 0.25) is 0 Å². The largest absolute Gasteiger partial charge is 0.464 e. The Kier molecular flexibility index (Phi) is 4.01. The number of aliphatic hydroxyl groups excluding tert-OH is 3. The van der Waals surface area contributed by atoms with Gasteiger partial charge in [0, 0.05) is 0 Å². The molecule has 1 fully saturated rings. The van der Waals surface area contributed by atoms with Crippen LogP contribution in [-0.2, 0) is 9.47 Å². The summed E-state index contributed by atoms with van der Waals surface area (Å²) in [6, 6.07) is 1.72. The molecule has 1 saturated heterocycles. The summed E-state index contributed by atoms with van der Waals surface area (Å²) < 4.78 is 10.9. The molecule has 9 nitrogen and oxygen atoms in total. The summed E-state index contributed by atoms with van der Waals surface area (Å²) in [4.78, 5) is 15.4. The van der Waals surface area contributed by atoms with Crippen molar-refractivity contribution in [2.45, 2.75) is 24.5 Å². The summed E-state index contributed by atoms with van der Waals surface area (Å²) in [5, 5.41) is 37.5. The second kappa shape index (κ2) is 5.56. The summed E-state index contributed by atoms with van der Waals surface area (Å²) in [5.74, 6) is -0.822. The van der Waals surface area contributed by atoms with Crippen molar-refractivity contribution in [2.24, 2.45) is 0 Å². The maximum absolute atomic E-state index is 11.7. The average Bonchev–Trinajstić information content (AvgIpc) is 3.00. The first-order chi connectivity index (χ1) is 9.54. The minimum Gasteiger partial charge on any atom is -0.464 e. The Morgan fingerprint density at radius 3 is 2.80 bits per heavy atom. The second-order valence-corrected chi connectivity index (χ2v) is 4.18. The van der Waals surface area contributed by atoms with Gasteiger partial charge in [0.25, 0.3) is 0 Å². The molecular weight excluding hydrogens is 270 g/mol. The number of hydrogen-bond acceptors (Lipinski definition) is 8. The minimum atomic E-state index is -1.38. The third kappa shape index (κ3) is 2.14. The van der Waals surface area contributed by atoms with Crippen molar-refractivity contribution >= 4 is 5.97 Å². The van der Waals surface area contributed by atoms with Gasteiger partial charge in [0.05, 0.1) is 20.0 Å². The number of nitriles is 1. The molecule has 0 bridgehead atoms. The van der Waals surface area contributed by atoms with Gasteiger partial charge in [-0.3, -0.25) is 4.57 Å². The van der Waals surface area contributed by atoms with E-state index in [0.717, 1.165) is 18.0 Å². The highest BCUT2D eigenvalue weighted by atomic mass is 16.6. The molecule has 9 heteroatoms. The number of imidazole rings is 1. The lowest BCUT2D eigenvalue weighted by Gasteiger charge is -2.17. The van der Waals surface area contributed by atoms with E-state index in [1.165, 1.54) is 0 Å². The van der Waals surface area contributed by atoms with Crippen LogP contribution in [0.1, 0.15) is 22.4 Å². The van der Waals surface area contributed by atoms with E-state index in [1.807, 2.05) is 0 Å². The van der Waals surface area contributed by atoms with Crippen molar-refractivity contribution in [3.63, 3.8) is 0 Å². The number of hydrogen-bond donors (Lipinski definition) is 3. The Labute approximate surface area is 113 Å². The zero-order valence-electron chi connectivity index (χ0n) is 10.5. The van der Waals surface area contributed by atoms with E-state index < -0.39 is 37.1 Å². The van der Waals surface area contributed by atoms with Crippen molar-refractivity contribution in [1.29, 1.82) is 5.26 Å². The molecule has 1 aromatic heterocycles. The lowest BCUT2D eigenvalue weighted by Crippen LogP contribution is -2.33. The third-order valence-electron chi connectivity index (χ3n) is 3.07. The van der Waals surface area contributed by atoms with Gasteiger partial charge < -0.3 is 24.8 Å². The van der Waals surface area contributed by atoms with Crippen LogP contribution in [0, 0.1) is 11.3 Å². The molecule has 1 aliphatic rings. The molecule has 0 unspecified atom stereocenters. The van der Waals surface area contributed by atoms with Crippen LogP contribution < -0.4 is 0 Å². The van der Waals surface area contributed by atoms with Crippen molar-refractivity contribution in [1.82, 2.24) is 9.55 Å². The van der Waals surface area contributed by atoms with E-state index in [1.54, 1.807) is 6.07 Å². The first-order valence-electron chi connectivity index (χ1n) is 5.72. The van der Waals surface area contributed by atoms with Crippen LogP contribution in [0.25, 0.3) is 0 Å². The molecule has 0 radical (unpaired) electrons. The van der Waals surface area contributed by atoms with Gasteiger partial charge in [0.1, 0.15) is 24.4 Å². The lowest BCUT2D eigenvalue weighted by molar-refractivity contribution is -0.0540. The van der Waals surface area contributed by atoms with E-state index in [0.29, 0.717) is 0 Å². The van der Waals surface area contributed by atoms with Gasteiger partial charge in [-0.25, -0.2) is 9.78 Å². The predicted octanol–water partition coefficient (Wildman–Crippen LogP) is -1.85. The third-order valence-corrected chi connectivity index (χ3v) is 3.07. The highest BCUT2D eigenvalue weighted by Crippen LogP contribution is 2.31. The number of carbonyl (C=O) groups is 1. The SMILES string of the molecule is COC(=O)c1c(C#N)ncn1[C@@H]1O[C@H](CO)[C@@H](O)[C@H]1O. The smallest absolute Gasteiger partial charge is 0.357 e. The summed E-state index contributed by atoms with van der Waals surface area (Å²) in [7, 11) is 1.14. The van der Waals surface area contributed by atoms with Gasteiger partial charge in [-0.2, -0.15) is 5.26 Å². The zero-order chi connectivity index (χ0) is 14.9. The first-order valence-corrected chi connectivity index (χ1v) is 5.72. The Morgan fingerprint density at radius 2 is 2.30 bits per heavy atom. The molecule has 20 heavy (non-hydrogen) atoms. The summed E-state index contributed by atoms with van der Waals surface area (Å²) >= 11 is 0. The predicted molar refractivity (Wildman–Crippen MR) is 61.3 cm³/mol. The number of carbonyl (C=O) groups excluding carboxylic acids is 1. The molecule has 2 heterocycles. The Hall–Kier alpha value is -1.99. The summed E-state index contributed by atoms with van der Waals surface area (Å²) in [6.07, 6.45) is -3.70. The molecule has 2 rings (SSSR count). The quantitative estimate of drug-likeness (QED) is 0.550. The molecule has 1 aromatic rings. The molecular formula is C11H13N3O6. The summed E-state index contributed by atoms with van der Waals surface area (Å²) in [5.41, 5.74) is -0.376. The fourth-order valence-electron chi connectivity index (χ4n) is 2.04. The minimum absolute atomic E-state index is 0.186. The molecule has 0 saturated carbocycles. The number of aliphatic hydroxyl groups is 3. The highest BCUT2D eigenvalue weighted by molar-refractivity contribution is 5.89. The number of nitrogens with zero attached hydrogens (tertiary/aromatic N) is 3. The highest BCUT2D eigenvalue weighted by Gasteiger charge is 2.44. The fourth-order valence-corrected chi connectivity index (χ4v) is 2.04. The normalized spacial score (nSPS) is 29.1. The summed E-state index contributed by atoms with van der Waals surface area (Å²) in [6.45, 7) is -0.498. The van der Waals surface area contributed by atoms with Crippen LogP contribution in [0.4, 0.5) is 0 Å².